The lowest BCUT2D eigenvalue weighted by Crippen LogP contribution is -2.30. The summed E-state index contributed by atoms with van der Waals surface area (Å²) < 4.78 is 74.9. The second kappa shape index (κ2) is 6.40. The van der Waals surface area contributed by atoms with Crippen molar-refractivity contribution in [3.63, 3.8) is 0 Å². The predicted molar refractivity (Wildman–Crippen MR) is 71.9 cm³/mol. The van der Waals surface area contributed by atoms with Gasteiger partial charge in [-0.2, -0.15) is 26.3 Å². The summed E-state index contributed by atoms with van der Waals surface area (Å²) in [6, 6.07) is 6.11. The van der Waals surface area contributed by atoms with Crippen molar-refractivity contribution in [2.24, 2.45) is 0 Å². The molecule has 0 saturated heterocycles. The number of aromatic nitrogens is 1. The van der Waals surface area contributed by atoms with Gasteiger partial charge >= 0.3 is 12.4 Å². The molecule has 0 fully saturated rings. The number of aliphatic hydroxyl groups is 1. The largest absolute Gasteiger partial charge is 0.433 e. The minimum Gasteiger partial charge on any atom is -0.366 e. The third-order valence-corrected chi connectivity index (χ3v) is 3.28. The number of halogens is 6. The van der Waals surface area contributed by atoms with Gasteiger partial charge in [0.05, 0.1) is 12.1 Å². The average Bonchev–Trinajstić information content (AvgIpc) is 2.80. The number of nitrogens with one attached hydrogen (secondary N) is 1. The summed E-state index contributed by atoms with van der Waals surface area (Å²) in [6.45, 7) is -1.22. The molecule has 0 aliphatic heterocycles. The minimum atomic E-state index is -4.84. The third-order valence-electron chi connectivity index (χ3n) is 3.28. The topological polar surface area (TPSA) is 37.2 Å². The fourth-order valence-corrected chi connectivity index (χ4v) is 2.29. The van der Waals surface area contributed by atoms with E-state index >= 15 is 0 Å². The maximum absolute atomic E-state index is 12.7. The van der Waals surface area contributed by atoms with Crippen molar-refractivity contribution < 1.29 is 31.4 Å². The zero-order chi connectivity index (χ0) is 17.3. The number of fused-ring (bicyclic) bond motifs is 1. The SMILES string of the molecule is OC(n1cc(CCNCC(F)(F)F)c2ccccc21)C(F)(F)F. The van der Waals surface area contributed by atoms with E-state index in [2.05, 4.69) is 5.32 Å². The number of rotatable bonds is 5. The lowest BCUT2D eigenvalue weighted by Gasteiger charge is -2.17. The van der Waals surface area contributed by atoms with Gasteiger partial charge in [-0.05, 0) is 24.6 Å². The number of hydrogen-bond acceptors (Lipinski definition) is 2. The molecule has 128 valence electrons. The quantitative estimate of drug-likeness (QED) is 0.647. The molecule has 2 N–H and O–H groups in total. The molecule has 0 aliphatic rings. The normalized spacial score (nSPS) is 14.4. The number of hydrogen-bond donors (Lipinski definition) is 2. The number of benzene rings is 1. The van der Waals surface area contributed by atoms with Crippen LogP contribution in [-0.4, -0.2) is 35.1 Å². The Hall–Kier alpha value is -1.74. The zero-order valence-corrected chi connectivity index (χ0v) is 11.7. The Morgan fingerprint density at radius 3 is 2.35 bits per heavy atom. The van der Waals surface area contributed by atoms with Gasteiger partial charge < -0.3 is 15.0 Å². The summed E-state index contributed by atoms with van der Waals surface area (Å²) in [5.41, 5.74) is 0.599. The van der Waals surface area contributed by atoms with Crippen LogP contribution >= 0.6 is 0 Å². The molecule has 0 radical (unpaired) electrons. The molecule has 0 spiro atoms. The molecule has 2 rings (SSSR count). The summed E-state index contributed by atoms with van der Waals surface area (Å²) in [7, 11) is 0. The highest BCUT2D eigenvalue weighted by atomic mass is 19.4. The molecule has 1 aromatic carbocycles. The van der Waals surface area contributed by atoms with Crippen LogP contribution in [0.25, 0.3) is 10.9 Å². The molecule has 0 bridgehead atoms. The van der Waals surface area contributed by atoms with E-state index in [4.69, 9.17) is 0 Å². The summed E-state index contributed by atoms with van der Waals surface area (Å²) in [5, 5.41) is 12.1. The first-order chi connectivity index (χ1) is 10.6. The minimum absolute atomic E-state index is 0.0460. The number of aliphatic hydroxyl groups excluding tert-OH is 1. The first kappa shape index (κ1) is 17.6. The van der Waals surface area contributed by atoms with E-state index in [-0.39, 0.29) is 18.5 Å². The standard InChI is InChI=1S/C14H14F6N2O/c15-13(16,17)8-21-6-5-9-7-22(12(23)14(18,19)20)11-4-2-1-3-10(9)11/h1-4,7,12,21,23H,5-6,8H2. The van der Waals surface area contributed by atoms with Crippen molar-refractivity contribution in [3.05, 3.63) is 36.0 Å². The van der Waals surface area contributed by atoms with Crippen molar-refractivity contribution in [2.45, 2.75) is 25.0 Å². The van der Waals surface area contributed by atoms with Gasteiger partial charge in [-0.15, -0.1) is 0 Å². The Kier molecular flexibility index (Phi) is 4.90. The Balaban J connectivity index is 2.21. The number of para-hydroxylation sites is 1. The first-order valence-corrected chi connectivity index (χ1v) is 6.70. The van der Waals surface area contributed by atoms with E-state index in [1.165, 1.54) is 12.1 Å². The Morgan fingerprint density at radius 2 is 1.74 bits per heavy atom. The van der Waals surface area contributed by atoms with Crippen molar-refractivity contribution in [3.8, 4) is 0 Å². The molecule has 23 heavy (non-hydrogen) atoms. The lowest BCUT2D eigenvalue weighted by atomic mass is 10.1. The molecule has 1 heterocycles. The van der Waals surface area contributed by atoms with Crippen LogP contribution in [0.4, 0.5) is 26.3 Å². The van der Waals surface area contributed by atoms with E-state index in [1.807, 2.05) is 0 Å². The molecular weight excluding hydrogens is 326 g/mol. The molecule has 0 aliphatic carbocycles. The Labute approximate surface area is 127 Å². The Morgan fingerprint density at radius 1 is 1.09 bits per heavy atom. The average molecular weight is 340 g/mol. The van der Waals surface area contributed by atoms with Gasteiger partial charge in [0, 0.05) is 11.6 Å². The second-order valence-corrected chi connectivity index (χ2v) is 5.04. The molecule has 1 atom stereocenters. The van der Waals surface area contributed by atoms with Gasteiger partial charge in [0.25, 0.3) is 0 Å². The first-order valence-electron chi connectivity index (χ1n) is 6.70. The van der Waals surface area contributed by atoms with E-state index in [0.717, 1.165) is 6.20 Å². The summed E-state index contributed by atoms with van der Waals surface area (Å²) in [5.74, 6) is 0. The fraction of sp³-hybridized carbons (Fsp3) is 0.429. The van der Waals surface area contributed by atoms with Crippen molar-refractivity contribution in [1.82, 2.24) is 9.88 Å². The highest BCUT2D eigenvalue weighted by Gasteiger charge is 2.40. The van der Waals surface area contributed by atoms with Crippen LogP contribution in [0, 0.1) is 0 Å². The molecule has 2 aromatic rings. The predicted octanol–water partition coefficient (Wildman–Crippen LogP) is 3.39. The van der Waals surface area contributed by atoms with Gasteiger partial charge in [-0.25, -0.2) is 0 Å². The molecule has 1 unspecified atom stereocenters. The van der Waals surface area contributed by atoms with Gasteiger partial charge in [0.1, 0.15) is 0 Å². The summed E-state index contributed by atoms with van der Waals surface area (Å²) in [4.78, 5) is 0. The van der Waals surface area contributed by atoms with E-state index in [0.29, 0.717) is 15.5 Å². The van der Waals surface area contributed by atoms with Crippen LogP contribution in [0.5, 0.6) is 0 Å². The van der Waals surface area contributed by atoms with E-state index in [1.54, 1.807) is 12.1 Å². The van der Waals surface area contributed by atoms with Gasteiger partial charge in [0.15, 0.2) is 0 Å². The molecular formula is C14H14F6N2O. The monoisotopic (exact) mass is 340 g/mol. The van der Waals surface area contributed by atoms with Crippen molar-refractivity contribution >= 4 is 10.9 Å². The molecule has 0 amide bonds. The van der Waals surface area contributed by atoms with Crippen LogP contribution < -0.4 is 5.32 Å². The molecule has 9 heteroatoms. The summed E-state index contributed by atoms with van der Waals surface area (Å²) in [6.07, 6.45) is -10.7. The highest BCUT2D eigenvalue weighted by molar-refractivity contribution is 5.84. The molecule has 1 aromatic heterocycles. The molecule has 3 nitrogen and oxygen atoms in total. The molecule has 0 saturated carbocycles. The van der Waals surface area contributed by atoms with Crippen LogP contribution in [0.1, 0.15) is 11.8 Å². The van der Waals surface area contributed by atoms with Gasteiger partial charge in [-0.3, -0.25) is 0 Å². The maximum Gasteiger partial charge on any atom is 0.433 e. The second-order valence-electron chi connectivity index (χ2n) is 5.04. The lowest BCUT2D eigenvalue weighted by molar-refractivity contribution is -0.230. The number of nitrogens with zero attached hydrogens (tertiary/aromatic N) is 1. The van der Waals surface area contributed by atoms with Gasteiger partial charge in [0.2, 0.25) is 6.23 Å². The van der Waals surface area contributed by atoms with Gasteiger partial charge in [-0.1, -0.05) is 18.2 Å². The van der Waals surface area contributed by atoms with Crippen LogP contribution in [0.3, 0.4) is 0 Å². The maximum atomic E-state index is 12.7. The van der Waals surface area contributed by atoms with Crippen molar-refractivity contribution in [2.75, 3.05) is 13.1 Å². The van der Waals surface area contributed by atoms with Crippen LogP contribution in [0.15, 0.2) is 30.5 Å². The fourth-order valence-electron chi connectivity index (χ4n) is 2.29. The van der Waals surface area contributed by atoms with E-state index in [9.17, 15) is 31.4 Å². The highest BCUT2D eigenvalue weighted by Crippen LogP contribution is 2.33. The Bertz CT molecular complexity index is 661. The van der Waals surface area contributed by atoms with Crippen LogP contribution in [0.2, 0.25) is 0 Å². The van der Waals surface area contributed by atoms with Crippen molar-refractivity contribution in [1.29, 1.82) is 0 Å². The zero-order valence-electron chi connectivity index (χ0n) is 11.7. The van der Waals surface area contributed by atoms with Crippen LogP contribution in [-0.2, 0) is 6.42 Å². The smallest absolute Gasteiger partial charge is 0.366 e. The van der Waals surface area contributed by atoms with E-state index < -0.39 is 25.1 Å². The summed E-state index contributed by atoms with van der Waals surface area (Å²) >= 11 is 0. The number of alkyl halides is 6. The third kappa shape index (κ3) is 4.38.